The van der Waals surface area contributed by atoms with Gasteiger partial charge in [0.15, 0.2) is 0 Å². The standard InChI is InChI=1S/C17H23N3O3S.2ClH/c1-3-15-4-5-16(23-15)12-20-7-6-17-13(10-19-24(2,21)22)8-18-9-14(17)11-20;;/h4-5,8-9,19H,3,6-7,10-12H2,1-2H3;2*1H. The zero-order valence-corrected chi connectivity index (χ0v) is 17.3. The minimum Gasteiger partial charge on any atom is -0.465 e. The average molecular weight is 422 g/mol. The lowest BCUT2D eigenvalue weighted by molar-refractivity contribution is 0.223. The highest BCUT2D eigenvalue weighted by Crippen LogP contribution is 2.23. The summed E-state index contributed by atoms with van der Waals surface area (Å²) in [7, 11) is -3.20. The third kappa shape index (κ3) is 5.96. The van der Waals surface area contributed by atoms with Crippen molar-refractivity contribution in [2.45, 2.75) is 39.4 Å². The second kappa shape index (κ2) is 9.71. The van der Waals surface area contributed by atoms with Crippen LogP contribution in [0, 0.1) is 0 Å². The minimum atomic E-state index is -3.20. The van der Waals surface area contributed by atoms with E-state index in [-0.39, 0.29) is 24.8 Å². The van der Waals surface area contributed by atoms with Gasteiger partial charge in [-0.1, -0.05) is 6.92 Å². The number of nitrogens with one attached hydrogen (secondary N) is 1. The molecule has 0 saturated heterocycles. The molecule has 26 heavy (non-hydrogen) atoms. The fourth-order valence-electron chi connectivity index (χ4n) is 3.04. The van der Waals surface area contributed by atoms with E-state index in [4.69, 9.17) is 4.42 Å². The van der Waals surface area contributed by atoms with Crippen LogP contribution in [-0.4, -0.2) is 31.1 Å². The van der Waals surface area contributed by atoms with Gasteiger partial charge in [0.25, 0.3) is 0 Å². The minimum absolute atomic E-state index is 0. The maximum absolute atomic E-state index is 11.3. The summed E-state index contributed by atoms with van der Waals surface area (Å²) in [5.74, 6) is 2.00. The van der Waals surface area contributed by atoms with E-state index in [2.05, 4.69) is 21.5 Å². The number of nitrogens with zero attached hydrogens (tertiary/aromatic N) is 2. The lowest BCUT2D eigenvalue weighted by Gasteiger charge is -2.29. The van der Waals surface area contributed by atoms with Crippen molar-refractivity contribution in [1.29, 1.82) is 0 Å². The molecule has 0 radical (unpaired) electrons. The summed E-state index contributed by atoms with van der Waals surface area (Å²) in [4.78, 5) is 6.60. The number of pyridine rings is 1. The molecular formula is C17H25Cl2N3O3S. The van der Waals surface area contributed by atoms with Crippen molar-refractivity contribution >= 4 is 34.8 Å². The Hall–Kier alpha value is -1.12. The molecule has 0 aliphatic carbocycles. The van der Waals surface area contributed by atoms with E-state index < -0.39 is 10.0 Å². The maximum atomic E-state index is 11.3. The Balaban J connectivity index is 0.00000169. The molecule has 2 aromatic heterocycles. The number of rotatable bonds is 6. The van der Waals surface area contributed by atoms with Crippen LogP contribution in [0.3, 0.4) is 0 Å². The normalized spacial score (nSPS) is 14.2. The molecule has 3 heterocycles. The number of hydrogen-bond acceptors (Lipinski definition) is 5. The summed E-state index contributed by atoms with van der Waals surface area (Å²) in [6.45, 7) is 4.89. The van der Waals surface area contributed by atoms with E-state index in [0.717, 1.165) is 55.1 Å². The van der Waals surface area contributed by atoms with Gasteiger partial charge in [-0.25, -0.2) is 13.1 Å². The van der Waals surface area contributed by atoms with Gasteiger partial charge in [0.2, 0.25) is 10.0 Å². The quantitative estimate of drug-likeness (QED) is 0.775. The van der Waals surface area contributed by atoms with Gasteiger partial charge in [-0.2, -0.15) is 0 Å². The number of furan rings is 1. The van der Waals surface area contributed by atoms with E-state index in [1.807, 2.05) is 18.3 Å². The Bertz CT molecular complexity index is 824. The topological polar surface area (TPSA) is 75.4 Å². The third-order valence-corrected chi connectivity index (χ3v) is 4.95. The summed E-state index contributed by atoms with van der Waals surface area (Å²) >= 11 is 0. The lowest BCUT2D eigenvalue weighted by atomic mass is 9.97. The Morgan fingerprint density at radius 2 is 1.96 bits per heavy atom. The van der Waals surface area contributed by atoms with Crippen molar-refractivity contribution in [2.24, 2.45) is 0 Å². The van der Waals surface area contributed by atoms with Gasteiger partial charge in [0.1, 0.15) is 11.5 Å². The zero-order chi connectivity index (χ0) is 17.2. The molecule has 9 heteroatoms. The van der Waals surface area contributed by atoms with Gasteiger partial charge < -0.3 is 4.42 Å². The highest BCUT2D eigenvalue weighted by Gasteiger charge is 2.20. The first-order chi connectivity index (χ1) is 11.4. The van der Waals surface area contributed by atoms with Crippen molar-refractivity contribution in [2.75, 3.05) is 12.8 Å². The van der Waals surface area contributed by atoms with Gasteiger partial charge in [-0.05, 0) is 35.2 Å². The Kier molecular flexibility index (Phi) is 8.56. The van der Waals surface area contributed by atoms with Crippen molar-refractivity contribution in [3.63, 3.8) is 0 Å². The Morgan fingerprint density at radius 3 is 2.62 bits per heavy atom. The molecule has 3 rings (SSSR count). The SMILES string of the molecule is CCc1ccc(CN2CCc3c(CNS(C)(=O)=O)cncc3C2)o1.Cl.Cl. The van der Waals surface area contributed by atoms with Gasteiger partial charge >= 0.3 is 0 Å². The van der Waals surface area contributed by atoms with Crippen molar-refractivity contribution in [1.82, 2.24) is 14.6 Å². The third-order valence-electron chi connectivity index (χ3n) is 4.28. The first kappa shape index (κ1) is 22.9. The largest absolute Gasteiger partial charge is 0.465 e. The molecule has 0 amide bonds. The molecule has 0 spiro atoms. The average Bonchev–Trinajstić information content (AvgIpc) is 2.99. The molecule has 1 aliphatic heterocycles. The first-order valence-corrected chi connectivity index (χ1v) is 10.0. The predicted octanol–water partition coefficient (Wildman–Crippen LogP) is 2.69. The van der Waals surface area contributed by atoms with Gasteiger partial charge in [-0.3, -0.25) is 9.88 Å². The smallest absolute Gasteiger partial charge is 0.209 e. The number of aryl methyl sites for hydroxylation is 1. The molecule has 2 aromatic rings. The lowest BCUT2D eigenvalue weighted by Crippen LogP contribution is -2.31. The van der Waals surface area contributed by atoms with Crippen LogP contribution in [0.5, 0.6) is 0 Å². The highest BCUT2D eigenvalue weighted by molar-refractivity contribution is 7.88. The first-order valence-electron chi connectivity index (χ1n) is 8.14. The summed E-state index contributed by atoms with van der Waals surface area (Å²) < 4.78 is 31.0. The van der Waals surface area contributed by atoms with E-state index in [1.54, 1.807) is 6.20 Å². The molecule has 6 nitrogen and oxygen atoms in total. The number of halogens is 2. The number of fused-ring (bicyclic) bond motifs is 1. The van der Waals surface area contributed by atoms with Crippen LogP contribution in [0.25, 0.3) is 0 Å². The Morgan fingerprint density at radius 1 is 1.23 bits per heavy atom. The van der Waals surface area contributed by atoms with Crippen LogP contribution >= 0.6 is 24.8 Å². The molecule has 0 aromatic carbocycles. The van der Waals surface area contributed by atoms with Crippen molar-refractivity contribution in [3.05, 3.63) is 52.7 Å². The number of sulfonamides is 1. The number of hydrogen-bond donors (Lipinski definition) is 1. The molecule has 146 valence electrons. The second-order valence-electron chi connectivity index (χ2n) is 6.21. The fraction of sp³-hybridized carbons (Fsp3) is 0.471. The maximum Gasteiger partial charge on any atom is 0.209 e. The molecule has 1 N–H and O–H groups in total. The van der Waals surface area contributed by atoms with Gasteiger partial charge in [-0.15, -0.1) is 24.8 Å². The van der Waals surface area contributed by atoms with Crippen LogP contribution in [0.1, 0.15) is 35.1 Å². The summed E-state index contributed by atoms with van der Waals surface area (Å²) in [6.07, 6.45) is 6.60. The van der Waals surface area contributed by atoms with Crippen LogP contribution in [0.4, 0.5) is 0 Å². The molecule has 0 saturated carbocycles. The highest BCUT2D eigenvalue weighted by atomic mass is 35.5. The summed E-state index contributed by atoms with van der Waals surface area (Å²) in [6, 6.07) is 4.07. The van der Waals surface area contributed by atoms with Gasteiger partial charge in [0, 0.05) is 38.4 Å². The van der Waals surface area contributed by atoms with Crippen molar-refractivity contribution in [3.8, 4) is 0 Å². The molecular weight excluding hydrogens is 397 g/mol. The van der Waals surface area contributed by atoms with E-state index in [0.29, 0.717) is 6.54 Å². The summed E-state index contributed by atoms with van der Waals surface area (Å²) in [5, 5.41) is 0. The van der Waals surface area contributed by atoms with E-state index >= 15 is 0 Å². The van der Waals surface area contributed by atoms with E-state index in [9.17, 15) is 8.42 Å². The van der Waals surface area contributed by atoms with Crippen LogP contribution < -0.4 is 4.72 Å². The summed E-state index contributed by atoms with van der Waals surface area (Å²) in [5.41, 5.74) is 3.34. The second-order valence-corrected chi connectivity index (χ2v) is 8.04. The van der Waals surface area contributed by atoms with Gasteiger partial charge in [0.05, 0.1) is 12.8 Å². The molecule has 0 atom stereocenters. The van der Waals surface area contributed by atoms with Crippen molar-refractivity contribution < 1.29 is 12.8 Å². The Labute approximate surface area is 167 Å². The molecule has 0 bridgehead atoms. The molecule has 1 aliphatic rings. The fourth-order valence-corrected chi connectivity index (χ4v) is 3.46. The van der Waals surface area contributed by atoms with Crippen LogP contribution in [0.15, 0.2) is 28.9 Å². The van der Waals surface area contributed by atoms with Crippen LogP contribution in [0.2, 0.25) is 0 Å². The molecule has 0 fully saturated rings. The zero-order valence-electron chi connectivity index (χ0n) is 14.9. The number of aromatic nitrogens is 1. The molecule has 0 unspecified atom stereocenters. The monoisotopic (exact) mass is 421 g/mol. The predicted molar refractivity (Wildman–Crippen MR) is 106 cm³/mol. The van der Waals surface area contributed by atoms with E-state index in [1.165, 1.54) is 11.8 Å². The van der Waals surface area contributed by atoms with Crippen LogP contribution in [-0.2, 0) is 42.5 Å².